The van der Waals surface area contributed by atoms with Gasteiger partial charge in [-0.05, 0) is 42.4 Å². The van der Waals surface area contributed by atoms with E-state index in [0.717, 1.165) is 25.0 Å². The summed E-state index contributed by atoms with van der Waals surface area (Å²) in [6.45, 7) is 0.302. The quantitative estimate of drug-likeness (QED) is 0.774. The van der Waals surface area contributed by atoms with Crippen LogP contribution in [0.5, 0.6) is 5.75 Å². The van der Waals surface area contributed by atoms with Crippen LogP contribution < -0.4 is 4.74 Å². The lowest BCUT2D eigenvalue weighted by Gasteiger charge is -2.24. The second-order valence-corrected chi connectivity index (χ2v) is 3.89. The molecule has 0 radical (unpaired) electrons. The van der Waals surface area contributed by atoms with Crippen molar-refractivity contribution in [3.8, 4) is 5.75 Å². The van der Waals surface area contributed by atoms with E-state index in [0.29, 0.717) is 12.5 Å². The van der Waals surface area contributed by atoms with Gasteiger partial charge in [-0.1, -0.05) is 12.1 Å². The van der Waals surface area contributed by atoms with Crippen LogP contribution in [-0.4, -0.2) is 18.8 Å². The zero-order valence-corrected chi connectivity index (χ0v) is 8.49. The maximum absolute atomic E-state index is 9.11. The Labute approximate surface area is 84.5 Å². The second-order valence-electron chi connectivity index (χ2n) is 3.89. The van der Waals surface area contributed by atoms with Crippen LogP contribution in [-0.2, 0) is 12.8 Å². The molecule has 14 heavy (non-hydrogen) atoms. The van der Waals surface area contributed by atoms with Gasteiger partial charge in [0.05, 0.1) is 7.11 Å². The number of ether oxygens (including phenoxy) is 1. The summed E-state index contributed by atoms with van der Waals surface area (Å²) in [4.78, 5) is 0. The summed E-state index contributed by atoms with van der Waals surface area (Å²) in [6.07, 6.45) is 3.09. The van der Waals surface area contributed by atoms with Crippen LogP contribution in [0.2, 0.25) is 0 Å². The highest BCUT2D eigenvalue weighted by Gasteiger charge is 2.20. The van der Waals surface area contributed by atoms with Gasteiger partial charge in [-0.15, -0.1) is 0 Å². The number of benzene rings is 1. The largest absolute Gasteiger partial charge is 0.496 e. The zero-order valence-electron chi connectivity index (χ0n) is 8.49. The first-order chi connectivity index (χ1) is 6.85. The molecular formula is C12H16O2. The van der Waals surface area contributed by atoms with Crippen LogP contribution in [0.4, 0.5) is 0 Å². The monoisotopic (exact) mass is 192 g/mol. The van der Waals surface area contributed by atoms with Gasteiger partial charge in [0, 0.05) is 6.61 Å². The van der Waals surface area contributed by atoms with Gasteiger partial charge in [0.2, 0.25) is 0 Å². The van der Waals surface area contributed by atoms with E-state index in [1.807, 2.05) is 12.1 Å². The van der Waals surface area contributed by atoms with Crippen molar-refractivity contribution in [1.82, 2.24) is 0 Å². The van der Waals surface area contributed by atoms with Crippen LogP contribution in [0.25, 0.3) is 0 Å². The molecule has 2 rings (SSSR count). The lowest BCUT2D eigenvalue weighted by atomic mass is 9.84. The molecule has 2 nitrogen and oxygen atoms in total. The first-order valence-electron chi connectivity index (χ1n) is 5.10. The van der Waals surface area contributed by atoms with Gasteiger partial charge in [-0.2, -0.15) is 0 Å². The van der Waals surface area contributed by atoms with Crippen molar-refractivity contribution in [2.45, 2.75) is 19.3 Å². The second kappa shape index (κ2) is 4.01. The first-order valence-corrected chi connectivity index (χ1v) is 5.10. The molecular weight excluding hydrogens is 176 g/mol. The third kappa shape index (κ3) is 1.62. The standard InChI is InChI=1S/C12H16O2/c1-14-12-4-2-3-10-7-9(8-13)5-6-11(10)12/h2-4,9,13H,5-8H2,1H3/t9-/m1/s1. The lowest BCUT2D eigenvalue weighted by Crippen LogP contribution is -2.17. The molecule has 1 aliphatic rings. The summed E-state index contributed by atoms with van der Waals surface area (Å²) in [5.74, 6) is 1.44. The topological polar surface area (TPSA) is 29.5 Å². The molecule has 0 aliphatic heterocycles. The summed E-state index contributed by atoms with van der Waals surface area (Å²) in [5.41, 5.74) is 2.68. The van der Waals surface area contributed by atoms with E-state index in [1.165, 1.54) is 11.1 Å². The van der Waals surface area contributed by atoms with Gasteiger partial charge in [-0.3, -0.25) is 0 Å². The number of aliphatic hydroxyl groups excluding tert-OH is 1. The van der Waals surface area contributed by atoms with E-state index in [9.17, 15) is 0 Å². The summed E-state index contributed by atoms with van der Waals surface area (Å²) < 4.78 is 5.32. The van der Waals surface area contributed by atoms with Gasteiger partial charge >= 0.3 is 0 Å². The van der Waals surface area contributed by atoms with Gasteiger partial charge in [0.15, 0.2) is 0 Å². The maximum atomic E-state index is 9.11. The fourth-order valence-electron chi connectivity index (χ4n) is 2.19. The summed E-state index contributed by atoms with van der Waals surface area (Å²) in [6, 6.07) is 6.18. The minimum Gasteiger partial charge on any atom is -0.496 e. The predicted octanol–water partition coefficient (Wildman–Crippen LogP) is 1.79. The van der Waals surface area contributed by atoms with Crippen LogP contribution in [0, 0.1) is 5.92 Å². The summed E-state index contributed by atoms with van der Waals surface area (Å²) >= 11 is 0. The van der Waals surface area contributed by atoms with Crippen molar-refractivity contribution in [2.24, 2.45) is 5.92 Å². The van der Waals surface area contributed by atoms with Crippen LogP contribution in [0.3, 0.4) is 0 Å². The van der Waals surface area contributed by atoms with E-state index in [1.54, 1.807) is 7.11 Å². The smallest absolute Gasteiger partial charge is 0.122 e. The fourth-order valence-corrected chi connectivity index (χ4v) is 2.19. The number of hydrogen-bond donors (Lipinski definition) is 1. The van der Waals surface area contributed by atoms with E-state index in [2.05, 4.69) is 6.07 Å². The average Bonchev–Trinajstić information content (AvgIpc) is 2.27. The molecule has 0 spiro atoms. The molecule has 76 valence electrons. The Morgan fingerprint density at radius 2 is 2.36 bits per heavy atom. The van der Waals surface area contributed by atoms with Gasteiger partial charge in [-0.25, -0.2) is 0 Å². The summed E-state index contributed by atoms with van der Waals surface area (Å²) in [7, 11) is 1.72. The summed E-state index contributed by atoms with van der Waals surface area (Å²) in [5, 5.41) is 9.11. The lowest BCUT2D eigenvalue weighted by molar-refractivity contribution is 0.212. The molecule has 0 saturated carbocycles. The SMILES string of the molecule is COc1cccc2c1CC[C@@H](CO)C2. The third-order valence-corrected chi connectivity index (χ3v) is 3.02. The molecule has 1 aromatic rings. The van der Waals surface area contributed by atoms with Crippen molar-refractivity contribution in [3.63, 3.8) is 0 Å². The van der Waals surface area contributed by atoms with Crippen LogP contribution in [0.15, 0.2) is 18.2 Å². The Hall–Kier alpha value is -1.02. The molecule has 1 aliphatic carbocycles. The highest BCUT2D eigenvalue weighted by molar-refractivity contribution is 5.41. The number of rotatable bonds is 2. The molecule has 1 atom stereocenters. The Bertz CT molecular complexity index is 320. The number of methoxy groups -OCH3 is 1. The zero-order chi connectivity index (χ0) is 9.97. The highest BCUT2D eigenvalue weighted by atomic mass is 16.5. The van der Waals surface area contributed by atoms with Gasteiger partial charge in [0.25, 0.3) is 0 Å². The maximum Gasteiger partial charge on any atom is 0.122 e. The third-order valence-electron chi connectivity index (χ3n) is 3.02. The van der Waals surface area contributed by atoms with Crippen molar-refractivity contribution in [1.29, 1.82) is 0 Å². The Morgan fingerprint density at radius 1 is 1.50 bits per heavy atom. The Morgan fingerprint density at radius 3 is 3.07 bits per heavy atom. The van der Waals surface area contributed by atoms with Gasteiger partial charge in [0.1, 0.15) is 5.75 Å². The molecule has 1 N–H and O–H groups in total. The molecule has 0 saturated heterocycles. The van der Waals surface area contributed by atoms with Gasteiger partial charge < -0.3 is 9.84 Å². The number of hydrogen-bond acceptors (Lipinski definition) is 2. The Balaban J connectivity index is 2.30. The molecule has 1 aromatic carbocycles. The molecule has 0 aromatic heterocycles. The average molecular weight is 192 g/mol. The Kier molecular flexibility index (Phi) is 2.73. The minimum atomic E-state index is 0.302. The normalized spacial score (nSPS) is 20.3. The molecule has 0 unspecified atom stereocenters. The van der Waals surface area contributed by atoms with Crippen molar-refractivity contribution in [2.75, 3.05) is 13.7 Å². The molecule has 0 heterocycles. The van der Waals surface area contributed by atoms with Crippen LogP contribution in [0.1, 0.15) is 17.5 Å². The predicted molar refractivity (Wildman–Crippen MR) is 55.6 cm³/mol. The minimum absolute atomic E-state index is 0.302. The molecule has 2 heteroatoms. The van der Waals surface area contributed by atoms with Crippen molar-refractivity contribution in [3.05, 3.63) is 29.3 Å². The molecule has 0 fully saturated rings. The number of aliphatic hydroxyl groups is 1. The van der Waals surface area contributed by atoms with E-state index in [-0.39, 0.29) is 0 Å². The first kappa shape index (κ1) is 9.53. The fraction of sp³-hybridized carbons (Fsp3) is 0.500. The highest BCUT2D eigenvalue weighted by Crippen LogP contribution is 2.31. The van der Waals surface area contributed by atoms with Crippen LogP contribution >= 0.6 is 0 Å². The number of fused-ring (bicyclic) bond motifs is 1. The van der Waals surface area contributed by atoms with Crippen molar-refractivity contribution >= 4 is 0 Å². The van der Waals surface area contributed by atoms with E-state index < -0.39 is 0 Å². The van der Waals surface area contributed by atoms with E-state index in [4.69, 9.17) is 9.84 Å². The van der Waals surface area contributed by atoms with E-state index >= 15 is 0 Å². The molecule has 0 bridgehead atoms. The molecule has 0 amide bonds. The van der Waals surface area contributed by atoms with Crippen molar-refractivity contribution < 1.29 is 9.84 Å².